The number of carbonyl (C=O) groups is 2. The Hall–Kier alpha value is -1.40. The van der Waals surface area contributed by atoms with E-state index < -0.39 is 12.1 Å². The average Bonchev–Trinajstić information content (AvgIpc) is 3.61. The lowest BCUT2D eigenvalue weighted by molar-refractivity contribution is -0.143. The van der Waals surface area contributed by atoms with Crippen molar-refractivity contribution in [3.63, 3.8) is 0 Å². The molecule has 2 atom stereocenters. The Morgan fingerprint density at radius 3 is 0.747 bits per heavy atom. The molecule has 0 spiro atoms. The van der Waals surface area contributed by atoms with Gasteiger partial charge in [0.05, 0.1) is 25.4 Å². The maximum atomic E-state index is 12.6. The summed E-state index contributed by atoms with van der Waals surface area (Å²) in [7, 11) is 0. The van der Waals surface area contributed by atoms with Crippen LogP contribution in [0.25, 0.3) is 0 Å². The van der Waals surface area contributed by atoms with E-state index in [4.69, 9.17) is 4.74 Å². The molecule has 91 heavy (non-hydrogen) atoms. The minimum absolute atomic E-state index is 0.0260. The third kappa shape index (κ3) is 77.5. The van der Waals surface area contributed by atoms with Gasteiger partial charge in [0.15, 0.2) is 0 Å². The number of rotatable bonds is 81. The molecule has 6 nitrogen and oxygen atoms in total. The molecule has 0 aliphatic carbocycles. The smallest absolute Gasteiger partial charge is 0.305 e. The van der Waals surface area contributed by atoms with Crippen LogP contribution in [0.4, 0.5) is 0 Å². The summed E-state index contributed by atoms with van der Waals surface area (Å²) < 4.78 is 5.51. The SMILES string of the molecule is CCCCCCCCCCCCCCCCCCCCCCCCC/C=C/C(O)C(CO)NC(=O)CCCCCCCCCCCCCCCCCCCCCCCCCCCCCCCCCCCCCOC(=O)CCCCCCCCCCCCCCCC. The van der Waals surface area contributed by atoms with Crippen LogP contribution in [0, 0.1) is 0 Å². The van der Waals surface area contributed by atoms with Crippen LogP contribution in [-0.2, 0) is 14.3 Å². The van der Waals surface area contributed by atoms with E-state index in [-0.39, 0.29) is 18.5 Å². The topological polar surface area (TPSA) is 95.9 Å². The van der Waals surface area contributed by atoms with Crippen molar-refractivity contribution in [3.05, 3.63) is 12.2 Å². The number of unbranched alkanes of at least 4 members (excludes halogenated alkanes) is 70. The summed E-state index contributed by atoms with van der Waals surface area (Å²) in [5.74, 6) is -0.0304. The minimum Gasteiger partial charge on any atom is -0.466 e. The van der Waals surface area contributed by atoms with Gasteiger partial charge in [-0.2, -0.15) is 0 Å². The highest BCUT2D eigenvalue weighted by Crippen LogP contribution is 2.21. The third-order valence-electron chi connectivity index (χ3n) is 20.3. The van der Waals surface area contributed by atoms with Gasteiger partial charge < -0.3 is 20.3 Å². The number of esters is 1. The molecule has 0 fully saturated rings. The largest absolute Gasteiger partial charge is 0.466 e. The van der Waals surface area contributed by atoms with E-state index in [1.807, 2.05) is 6.08 Å². The van der Waals surface area contributed by atoms with Crippen LogP contribution < -0.4 is 5.32 Å². The van der Waals surface area contributed by atoms with Gasteiger partial charge in [0.25, 0.3) is 0 Å². The molecule has 0 heterocycles. The second-order valence-electron chi connectivity index (χ2n) is 29.5. The molecule has 6 heteroatoms. The molecule has 0 saturated heterocycles. The molecule has 3 N–H and O–H groups in total. The first kappa shape index (κ1) is 89.6. The number of hydrogen-bond acceptors (Lipinski definition) is 5. The number of allylic oxidation sites excluding steroid dienone is 1. The fraction of sp³-hybridized carbons (Fsp3) is 0.953. The van der Waals surface area contributed by atoms with Gasteiger partial charge in [-0.3, -0.25) is 9.59 Å². The number of aliphatic hydroxyl groups is 2. The minimum atomic E-state index is -0.842. The Morgan fingerprint density at radius 2 is 0.505 bits per heavy atom. The van der Waals surface area contributed by atoms with Crippen LogP contribution in [0.2, 0.25) is 0 Å². The Kier molecular flexibility index (Phi) is 79.8. The zero-order valence-corrected chi connectivity index (χ0v) is 62.4. The van der Waals surface area contributed by atoms with E-state index in [0.717, 1.165) is 38.5 Å². The van der Waals surface area contributed by atoms with Gasteiger partial charge in [-0.05, 0) is 32.1 Å². The van der Waals surface area contributed by atoms with E-state index in [2.05, 4.69) is 19.2 Å². The molecule has 0 aliphatic heterocycles. The van der Waals surface area contributed by atoms with Gasteiger partial charge in [-0.15, -0.1) is 0 Å². The third-order valence-corrected chi connectivity index (χ3v) is 20.3. The number of nitrogens with one attached hydrogen (secondary N) is 1. The lowest BCUT2D eigenvalue weighted by atomic mass is 10.0. The molecule has 0 aliphatic rings. The zero-order valence-electron chi connectivity index (χ0n) is 62.4. The maximum absolute atomic E-state index is 12.6. The number of carbonyl (C=O) groups excluding carboxylic acids is 2. The number of amides is 1. The van der Waals surface area contributed by atoms with Crippen LogP contribution in [0.3, 0.4) is 0 Å². The Labute approximate surface area is 571 Å². The first-order valence-corrected chi connectivity index (χ1v) is 42.5. The lowest BCUT2D eigenvalue weighted by Gasteiger charge is -2.20. The summed E-state index contributed by atoms with van der Waals surface area (Å²) >= 11 is 0. The standard InChI is InChI=1S/C85H167NO5/c1-3-5-7-9-11-13-15-17-19-20-21-22-23-35-38-41-44-47-50-53-57-61-65-69-73-77-83(88)82(81-87)86-84(89)78-74-70-66-62-58-54-51-48-45-42-39-36-33-31-29-27-25-24-26-28-30-32-34-37-40-43-46-49-52-56-60-64-68-72-76-80-91-85(90)79-75-71-67-63-59-55-18-16-14-12-10-8-6-4-2/h73,77,82-83,87-88H,3-72,74-76,78-81H2,1-2H3,(H,86,89)/b77-73+. The van der Waals surface area contributed by atoms with Gasteiger partial charge in [-0.25, -0.2) is 0 Å². The molecule has 0 aromatic rings. The van der Waals surface area contributed by atoms with Crippen molar-refractivity contribution >= 4 is 11.9 Å². The molecule has 542 valence electrons. The molecule has 0 aromatic carbocycles. The van der Waals surface area contributed by atoms with Crippen LogP contribution in [0.15, 0.2) is 12.2 Å². The van der Waals surface area contributed by atoms with Crippen LogP contribution in [0.1, 0.15) is 495 Å². The van der Waals surface area contributed by atoms with Crippen LogP contribution >= 0.6 is 0 Å². The molecule has 1 amide bonds. The fourth-order valence-corrected chi connectivity index (χ4v) is 13.9. The first-order chi connectivity index (χ1) is 45.0. The van der Waals surface area contributed by atoms with Crippen molar-refractivity contribution in [2.45, 2.75) is 508 Å². The fourth-order valence-electron chi connectivity index (χ4n) is 13.9. The van der Waals surface area contributed by atoms with Crippen molar-refractivity contribution in [2.75, 3.05) is 13.2 Å². The van der Waals surface area contributed by atoms with Gasteiger partial charge in [-0.1, -0.05) is 463 Å². The summed E-state index contributed by atoms with van der Waals surface area (Å²) in [6.45, 7) is 4.97. The first-order valence-electron chi connectivity index (χ1n) is 42.5. The number of hydrogen-bond donors (Lipinski definition) is 3. The van der Waals surface area contributed by atoms with Crippen molar-refractivity contribution in [3.8, 4) is 0 Å². The highest BCUT2D eigenvalue weighted by Gasteiger charge is 2.18. The number of aliphatic hydroxyl groups excluding tert-OH is 2. The monoisotopic (exact) mass is 1280 g/mol. The van der Waals surface area contributed by atoms with Crippen molar-refractivity contribution < 1.29 is 24.5 Å². The van der Waals surface area contributed by atoms with Crippen molar-refractivity contribution in [1.29, 1.82) is 0 Å². The van der Waals surface area contributed by atoms with Crippen LogP contribution in [-0.4, -0.2) is 47.4 Å². The summed E-state index contributed by atoms with van der Waals surface area (Å²) in [4.78, 5) is 24.7. The van der Waals surface area contributed by atoms with Gasteiger partial charge in [0.2, 0.25) is 5.91 Å². The molecule has 0 aromatic heterocycles. The zero-order chi connectivity index (χ0) is 65.6. The quantitative estimate of drug-likeness (QED) is 0.0320. The molecule has 0 bridgehead atoms. The van der Waals surface area contributed by atoms with Gasteiger partial charge >= 0.3 is 5.97 Å². The summed E-state index contributed by atoms with van der Waals surface area (Å²) in [6.07, 6.45) is 104. The molecular weight excluding hydrogens is 1110 g/mol. The van der Waals surface area contributed by atoms with Crippen molar-refractivity contribution in [1.82, 2.24) is 5.32 Å². The predicted molar refractivity (Wildman–Crippen MR) is 403 cm³/mol. The van der Waals surface area contributed by atoms with E-state index in [1.165, 1.54) is 430 Å². The van der Waals surface area contributed by atoms with Gasteiger partial charge in [0.1, 0.15) is 0 Å². The Morgan fingerprint density at radius 1 is 0.297 bits per heavy atom. The molecule has 0 saturated carbocycles. The molecule has 0 rings (SSSR count). The van der Waals surface area contributed by atoms with E-state index in [9.17, 15) is 19.8 Å². The van der Waals surface area contributed by atoms with Gasteiger partial charge in [0, 0.05) is 12.8 Å². The Balaban J connectivity index is 3.33. The lowest BCUT2D eigenvalue weighted by Crippen LogP contribution is -2.45. The highest BCUT2D eigenvalue weighted by atomic mass is 16.5. The normalized spacial score (nSPS) is 12.4. The van der Waals surface area contributed by atoms with E-state index >= 15 is 0 Å². The van der Waals surface area contributed by atoms with E-state index in [0.29, 0.717) is 19.4 Å². The van der Waals surface area contributed by atoms with E-state index in [1.54, 1.807) is 6.08 Å². The average molecular weight is 1280 g/mol. The van der Waals surface area contributed by atoms with Crippen molar-refractivity contribution in [2.24, 2.45) is 0 Å². The molecule has 2 unspecified atom stereocenters. The summed E-state index contributed by atoms with van der Waals surface area (Å²) in [5.41, 5.74) is 0. The predicted octanol–water partition coefficient (Wildman–Crippen LogP) is 28.2. The Bertz CT molecular complexity index is 1380. The maximum Gasteiger partial charge on any atom is 0.305 e. The molecule has 0 radical (unpaired) electrons. The highest BCUT2D eigenvalue weighted by molar-refractivity contribution is 5.76. The second kappa shape index (κ2) is 81.0. The summed E-state index contributed by atoms with van der Waals surface area (Å²) in [5, 5.41) is 23.3. The number of ether oxygens (including phenoxy) is 1. The molecular formula is C85H167NO5. The second-order valence-corrected chi connectivity index (χ2v) is 29.5. The van der Waals surface area contributed by atoms with Crippen LogP contribution in [0.5, 0.6) is 0 Å². The summed E-state index contributed by atoms with van der Waals surface area (Å²) in [6, 6.07) is -0.625.